The van der Waals surface area contributed by atoms with Gasteiger partial charge in [-0.25, -0.2) is 14.7 Å². The number of aryl methyl sites for hydroxylation is 1. The zero-order chi connectivity index (χ0) is 18.8. The van der Waals surface area contributed by atoms with Crippen molar-refractivity contribution in [2.45, 2.75) is 33.3 Å². The first-order valence-electron chi connectivity index (χ1n) is 7.54. The maximum atomic E-state index is 12.8. The van der Waals surface area contributed by atoms with Gasteiger partial charge >= 0.3 is 6.09 Å². The third-order valence-corrected chi connectivity index (χ3v) is 3.40. The summed E-state index contributed by atoms with van der Waals surface area (Å²) >= 11 is 5.88. The van der Waals surface area contributed by atoms with Crippen LogP contribution in [0, 0.1) is 12.3 Å². The largest absolute Gasteiger partial charge is 0.443 e. The molecule has 1 aromatic carbocycles. The highest BCUT2D eigenvalue weighted by atomic mass is 35.5. The molecule has 0 saturated heterocycles. The second-order valence-corrected chi connectivity index (χ2v) is 6.75. The number of carbonyl (C=O) groups excluding carboxylic acids is 1. The Morgan fingerprint density at radius 1 is 1.40 bits per heavy atom. The summed E-state index contributed by atoms with van der Waals surface area (Å²) in [6, 6.07) is 4.88. The zero-order valence-electron chi connectivity index (χ0n) is 14.5. The number of nitrogens with zero attached hydrogens (tertiary/aromatic N) is 3. The van der Waals surface area contributed by atoms with Crippen LogP contribution in [0.3, 0.4) is 0 Å². The molecule has 1 heterocycles. The average molecular weight is 362 g/mol. The molecular formula is C17H20ClN5O2. The van der Waals surface area contributed by atoms with E-state index in [9.17, 15) is 4.79 Å². The lowest BCUT2D eigenvalue weighted by molar-refractivity contribution is 0.0598. The van der Waals surface area contributed by atoms with E-state index in [1.165, 1.54) is 11.1 Å². The van der Waals surface area contributed by atoms with Gasteiger partial charge in [-0.15, -0.1) is 0 Å². The van der Waals surface area contributed by atoms with Gasteiger partial charge in [-0.05, 0) is 57.0 Å². The highest BCUT2D eigenvalue weighted by molar-refractivity contribution is 6.28. The van der Waals surface area contributed by atoms with Crippen molar-refractivity contribution in [1.29, 1.82) is 5.41 Å². The van der Waals surface area contributed by atoms with E-state index < -0.39 is 11.7 Å². The summed E-state index contributed by atoms with van der Waals surface area (Å²) in [7, 11) is 0. The van der Waals surface area contributed by atoms with E-state index in [0.29, 0.717) is 16.9 Å². The van der Waals surface area contributed by atoms with E-state index >= 15 is 0 Å². The van der Waals surface area contributed by atoms with E-state index in [-0.39, 0.29) is 11.1 Å². The molecular weight excluding hydrogens is 342 g/mol. The van der Waals surface area contributed by atoms with Crippen LogP contribution in [-0.4, -0.2) is 27.9 Å². The number of benzene rings is 1. The Labute approximate surface area is 151 Å². The van der Waals surface area contributed by atoms with Crippen molar-refractivity contribution in [1.82, 2.24) is 9.97 Å². The number of halogens is 1. The van der Waals surface area contributed by atoms with Gasteiger partial charge in [0.1, 0.15) is 11.4 Å². The van der Waals surface area contributed by atoms with Crippen molar-refractivity contribution in [2.75, 3.05) is 10.6 Å². The minimum absolute atomic E-state index is 0.00596. The summed E-state index contributed by atoms with van der Waals surface area (Å²) in [6.07, 6.45) is 1.95. The summed E-state index contributed by atoms with van der Waals surface area (Å²) < 4.78 is 5.50. The molecule has 0 aliphatic rings. The molecule has 0 radical (unpaired) electrons. The Kier molecular flexibility index (Phi) is 5.27. The fraction of sp³-hybridized carbons (Fsp3) is 0.294. The van der Waals surface area contributed by atoms with Gasteiger partial charge in [0.25, 0.3) is 0 Å². The van der Waals surface area contributed by atoms with E-state index in [0.717, 1.165) is 11.8 Å². The van der Waals surface area contributed by atoms with Crippen molar-refractivity contribution < 1.29 is 9.53 Å². The van der Waals surface area contributed by atoms with Crippen LogP contribution in [0.25, 0.3) is 0 Å². The summed E-state index contributed by atoms with van der Waals surface area (Å²) in [4.78, 5) is 22.1. The molecule has 0 atom stereocenters. The van der Waals surface area contributed by atoms with Gasteiger partial charge in [0.05, 0.1) is 5.69 Å². The normalized spacial score (nSPS) is 11.1. The molecule has 8 heteroatoms. The number of nitrogens with two attached hydrogens (primary N) is 1. The van der Waals surface area contributed by atoms with Gasteiger partial charge in [0.2, 0.25) is 5.28 Å². The van der Waals surface area contributed by atoms with Crippen molar-refractivity contribution in [3.05, 3.63) is 40.8 Å². The third-order valence-electron chi connectivity index (χ3n) is 3.21. The van der Waals surface area contributed by atoms with Crippen LogP contribution in [0.1, 0.15) is 31.9 Å². The molecule has 0 aliphatic heterocycles. The molecule has 2 rings (SSSR count). The standard InChI is InChI=1S/C17H20ClN5O2/c1-10-7-12(20)11(9-19)8-13(10)23(16(24)25-17(2,3)4)14-5-6-21-15(18)22-14/h5-9,19H,20H2,1-4H3. The lowest BCUT2D eigenvalue weighted by atomic mass is 10.1. The third kappa shape index (κ3) is 4.45. The number of carbonyl (C=O) groups is 1. The second kappa shape index (κ2) is 7.06. The summed E-state index contributed by atoms with van der Waals surface area (Å²) in [5.74, 6) is 0.262. The summed E-state index contributed by atoms with van der Waals surface area (Å²) in [5, 5.41) is 7.50. The highest BCUT2D eigenvalue weighted by Crippen LogP contribution is 2.32. The number of anilines is 3. The van der Waals surface area contributed by atoms with Gasteiger partial charge < -0.3 is 15.9 Å². The minimum Gasteiger partial charge on any atom is -0.443 e. The summed E-state index contributed by atoms with van der Waals surface area (Å²) in [5.41, 5.74) is 7.36. The molecule has 1 aromatic heterocycles. The smallest absolute Gasteiger partial charge is 0.420 e. The van der Waals surface area contributed by atoms with Gasteiger partial charge in [0, 0.05) is 29.7 Å². The van der Waals surface area contributed by atoms with E-state index in [4.69, 9.17) is 27.5 Å². The van der Waals surface area contributed by atoms with Crippen molar-refractivity contribution >= 4 is 41.1 Å². The summed E-state index contributed by atoms with van der Waals surface area (Å²) in [6.45, 7) is 7.12. The quantitative estimate of drug-likeness (QED) is 0.486. The van der Waals surface area contributed by atoms with Gasteiger partial charge in [-0.3, -0.25) is 0 Å². The number of hydrogen-bond acceptors (Lipinski definition) is 6. The first kappa shape index (κ1) is 18.7. The van der Waals surface area contributed by atoms with Crippen LogP contribution in [0.5, 0.6) is 0 Å². The molecule has 132 valence electrons. The molecule has 25 heavy (non-hydrogen) atoms. The van der Waals surface area contributed by atoms with E-state index in [2.05, 4.69) is 9.97 Å². The van der Waals surface area contributed by atoms with Crippen molar-refractivity contribution in [3.8, 4) is 0 Å². The molecule has 2 aromatic rings. The number of hydrogen-bond donors (Lipinski definition) is 2. The van der Waals surface area contributed by atoms with Crippen LogP contribution in [-0.2, 0) is 4.74 Å². The predicted octanol–water partition coefficient (Wildman–Crippen LogP) is 4.09. The van der Waals surface area contributed by atoms with Crippen molar-refractivity contribution in [3.63, 3.8) is 0 Å². The van der Waals surface area contributed by atoms with Crippen LogP contribution in [0.15, 0.2) is 24.4 Å². The molecule has 0 unspecified atom stereocenters. The lowest BCUT2D eigenvalue weighted by Gasteiger charge is -2.28. The van der Waals surface area contributed by atoms with Crippen LogP contribution in [0.4, 0.5) is 22.0 Å². The Balaban J connectivity index is 2.63. The van der Waals surface area contributed by atoms with E-state index in [1.807, 2.05) is 0 Å². The Bertz CT molecular complexity index is 817. The monoisotopic (exact) mass is 361 g/mol. The van der Waals surface area contributed by atoms with Gasteiger partial charge in [-0.2, -0.15) is 4.98 Å². The maximum absolute atomic E-state index is 12.8. The molecule has 0 saturated carbocycles. The molecule has 0 fully saturated rings. The fourth-order valence-corrected chi connectivity index (χ4v) is 2.32. The number of nitrogen functional groups attached to an aromatic ring is 1. The van der Waals surface area contributed by atoms with Crippen LogP contribution >= 0.6 is 11.6 Å². The number of ether oxygens (including phenoxy) is 1. The predicted molar refractivity (Wildman–Crippen MR) is 98.9 cm³/mol. The fourth-order valence-electron chi connectivity index (χ4n) is 2.17. The lowest BCUT2D eigenvalue weighted by Crippen LogP contribution is -2.34. The van der Waals surface area contributed by atoms with Crippen molar-refractivity contribution in [2.24, 2.45) is 0 Å². The molecule has 3 N–H and O–H groups in total. The average Bonchev–Trinajstić information content (AvgIpc) is 2.48. The Hall–Kier alpha value is -2.67. The number of amides is 1. The SMILES string of the molecule is Cc1cc(N)c(C=N)cc1N(C(=O)OC(C)(C)C)c1ccnc(Cl)n1. The molecule has 7 nitrogen and oxygen atoms in total. The van der Waals surface area contributed by atoms with Gasteiger partial charge in [0.15, 0.2) is 0 Å². The number of nitrogens with one attached hydrogen (secondary N) is 1. The maximum Gasteiger partial charge on any atom is 0.420 e. The van der Waals surface area contributed by atoms with E-state index in [1.54, 1.807) is 45.9 Å². The second-order valence-electron chi connectivity index (χ2n) is 6.41. The first-order valence-corrected chi connectivity index (χ1v) is 7.92. The molecule has 0 aliphatic carbocycles. The Morgan fingerprint density at radius 2 is 2.08 bits per heavy atom. The molecule has 0 bridgehead atoms. The zero-order valence-corrected chi connectivity index (χ0v) is 15.3. The number of rotatable bonds is 3. The topological polar surface area (TPSA) is 105 Å². The first-order chi connectivity index (χ1) is 11.6. The minimum atomic E-state index is -0.696. The number of aromatic nitrogens is 2. The Morgan fingerprint density at radius 3 is 2.64 bits per heavy atom. The highest BCUT2D eigenvalue weighted by Gasteiger charge is 2.27. The van der Waals surface area contributed by atoms with Crippen LogP contribution in [0.2, 0.25) is 5.28 Å². The molecule has 1 amide bonds. The molecule has 0 spiro atoms. The van der Waals surface area contributed by atoms with Gasteiger partial charge in [-0.1, -0.05) is 0 Å². The van der Waals surface area contributed by atoms with Crippen LogP contribution < -0.4 is 10.6 Å².